The second-order valence-electron chi connectivity index (χ2n) is 7.52. The normalized spacial score (nSPS) is 10.9. The third kappa shape index (κ3) is 4.40. The average molecular weight is 324 g/mol. The lowest BCUT2D eigenvalue weighted by molar-refractivity contribution is 0.590. The molecule has 0 aliphatic rings. The SMILES string of the molecule is Cc1ccc(C#Cc2ccc(-c3ccc(C(C)(C)C)cc3)cc2)cc1. The average Bonchev–Trinajstić information content (AvgIpc) is 2.61. The zero-order valence-corrected chi connectivity index (χ0v) is 15.4. The van der Waals surface area contributed by atoms with Gasteiger partial charge in [-0.05, 0) is 53.3 Å². The van der Waals surface area contributed by atoms with E-state index in [2.05, 4.69) is 112 Å². The predicted molar refractivity (Wildman–Crippen MR) is 108 cm³/mol. The molecule has 0 unspecified atom stereocenters. The molecular formula is C25H24. The van der Waals surface area contributed by atoms with Crippen LogP contribution in [0.4, 0.5) is 0 Å². The summed E-state index contributed by atoms with van der Waals surface area (Å²) in [6, 6.07) is 25.6. The van der Waals surface area contributed by atoms with Gasteiger partial charge in [-0.3, -0.25) is 0 Å². The first kappa shape index (κ1) is 17.1. The number of hydrogen-bond donors (Lipinski definition) is 0. The fourth-order valence-corrected chi connectivity index (χ4v) is 2.69. The van der Waals surface area contributed by atoms with E-state index in [4.69, 9.17) is 0 Å². The second-order valence-corrected chi connectivity index (χ2v) is 7.52. The molecule has 0 bridgehead atoms. The van der Waals surface area contributed by atoms with Gasteiger partial charge in [-0.25, -0.2) is 0 Å². The molecule has 3 rings (SSSR count). The number of hydrogen-bond acceptors (Lipinski definition) is 0. The number of benzene rings is 3. The lowest BCUT2D eigenvalue weighted by Crippen LogP contribution is -2.10. The van der Waals surface area contributed by atoms with Crippen LogP contribution in [-0.2, 0) is 5.41 Å². The van der Waals surface area contributed by atoms with E-state index in [1.807, 2.05) is 0 Å². The standard InChI is InChI=1S/C25H24/c1-19-5-7-20(8-6-19)9-10-21-11-13-22(14-12-21)23-15-17-24(18-16-23)25(2,3)4/h5-8,11-18H,1-4H3. The van der Waals surface area contributed by atoms with Crippen LogP contribution in [0.25, 0.3) is 11.1 Å². The van der Waals surface area contributed by atoms with E-state index < -0.39 is 0 Å². The first-order chi connectivity index (χ1) is 11.9. The second kappa shape index (κ2) is 6.99. The van der Waals surface area contributed by atoms with Crippen molar-refractivity contribution in [1.82, 2.24) is 0 Å². The fraction of sp³-hybridized carbons (Fsp3) is 0.200. The van der Waals surface area contributed by atoms with Gasteiger partial charge in [-0.1, -0.05) is 86.7 Å². The van der Waals surface area contributed by atoms with E-state index in [-0.39, 0.29) is 5.41 Å². The minimum Gasteiger partial charge on any atom is -0.0617 e. The van der Waals surface area contributed by atoms with Crippen LogP contribution < -0.4 is 0 Å². The number of rotatable bonds is 1. The Morgan fingerprint density at radius 3 is 1.40 bits per heavy atom. The topological polar surface area (TPSA) is 0 Å². The molecule has 0 atom stereocenters. The molecule has 0 saturated carbocycles. The summed E-state index contributed by atoms with van der Waals surface area (Å²) < 4.78 is 0. The van der Waals surface area contributed by atoms with Crippen molar-refractivity contribution in [2.45, 2.75) is 33.1 Å². The van der Waals surface area contributed by atoms with Gasteiger partial charge >= 0.3 is 0 Å². The van der Waals surface area contributed by atoms with E-state index in [1.165, 1.54) is 22.3 Å². The van der Waals surface area contributed by atoms with Gasteiger partial charge in [0.05, 0.1) is 0 Å². The Balaban J connectivity index is 1.77. The van der Waals surface area contributed by atoms with Crippen LogP contribution in [0.2, 0.25) is 0 Å². The van der Waals surface area contributed by atoms with E-state index >= 15 is 0 Å². The van der Waals surface area contributed by atoms with Gasteiger partial charge in [0.1, 0.15) is 0 Å². The fourth-order valence-electron chi connectivity index (χ4n) is 2.69. The summed E-state index contributed by atoms with van der Waals surface area (Å²) in [5, 5.41) is 0. The Hall–Kier alpha value is -2.78. The molecule has 0 radical (unpaired) electrons. The van der Waals surface area contributed by atoms with Crippen LogP contribution in [0, 0.1) is 18.8 Å². The molecule has 124 valence electrons. The third-order valence-electron chi connectivity index (χ3n) is 4.37. The van der Waals surface area contributed by atoms with Crippen LogP contribution in [0.3, 0.4) is 0 Å². The summed E-state index contributed by atoms with van der Waals surface area (Å²) in [7, 11) is 0. The summed E-state index contributed by atoms with van der Waals surface area (Å²) >= 11 is 0. The quantitative estimate of drug-likeness (QED) is 0.457. The van der Waals surface area contributed by atoms with Crippen molar-refractivity contribution in [3.63, 3.8) is 0 Å². The van der Waals surface area contributed by atoms with Gasteiger partial charge in [0.25, 0.3) is 0 Å². The van der Waals surface area contributed by atoms with Crippen molar-refractivity contribution in [3.8, 4) is 23.0 Å². The van der Waals surface area contributed by atoms with E-state index in [0.717, 1.165) is 11.1 Å². The lowest BCUT2D eigenvalue weighted by Gasteiger charge is -2.19. The van der Waals surface area contributed by atoms with Gasteiger partial charge in [0.2, 0.25) is 0 Å². The molecule has 0 N–H and O–H groups in total. The smallest absolute Gasteiger partial charge is 0.0249 e. The molecule has 0 fully saturated rings. The highest BCUT2D eigenvalue weighted by molar-refractivity contribution is 5.65. The molecule has 0 saturated heterocycles. The third-order valence-corrected chi connectivity index (χ3v) is 4.37. The molecule has 0 heterocycles. The van der Waals surface area contributed by atoms with Crippen molar-refractivity contribution in [2.24, 2.45) is 0 Å². The van der Waals surface area contributed by atoms with Gasteiger partial charge in [-0.2, -0.15) is 0 Å². The molecule has 0 aliphatic heterocycles. The van der Waals surface area contributed by atoms with Crippen LogP contribution in [0.15, 0.2) is 72.8 Å². The van der Waals surface area contributed by atoms with E-state index in [0.29, 0.717) is 0 Å². The van der Waals surface area contributed by atoms with E-state index in [1.54, 1.807) is 0 Å². The van der Waals surface area contributed by atoms with Crippen molar-refractivity contribution < 1.29 is 0 Å². The summed E-state index contributed by atoms with van der Waals surface area (Å²) in [5.74, 6) is 6.46. The largest absolute Gasteiger partial charge is 0.0617 e. The maximum absolute atomic E-state index is 3.24. The van der Waals surface area contributed by atoms with Crippen molar-refractivity contribution in [3.05, 3.63) is 95.1 Å². The highest BCUT2D eigenvalue weighted by atomic mass is 14.2. The minimum atomic E-state index is 0.188. The van der Waals surface area contributed by atoms with E-state index in [9.17, 15) is 0 Å². The van der Waals surface area contributed by atoms with Crippen molar-refractivity contribution >= 4 is 0 Å². The van der Waals surface area contributed by atoms with Crippen molar-refractivity contribution in [1.29, 1.82) is 0 Å². The summed E-state index contributed by atoms with van der Waals surface area (Å²) in [6.07, 6.45) is 0. The molecule has 0 amide bonds. The van der Waals surface area contributed by atoms with Crippen LogP contribution in [-0.4, -0.2) is 0 Å². The zero-order valence-electron chi connectivity index (χ0n) is 15.4. The summed E-state index contributed by atoms with van der Waals surface area (Å²) in [4.78, 5) is 0. The number of aryl methyl sites for hydroxylation is 1. The molecule has 25 heavy (non-hydrogen) atoms. The lowest BCUT2D eigenvalue weighted by atomic mass is 9.86. The maximum Gasteiger partial charge on any atom is 0.0249 e. The van der Waals surface area contributed by atoms with Crippen LogP contribution >= 0.6 is 0 Å². The highest BCUT2D eigenvalue weighted by Gasteiger charge is 2.12. The first-order valence-corrected chi connectivity index (χ1v) is 8.71. The predicted octanol–water partition coefficient (Wildman–Crippen LogP) is 6.36. The Morgan fingerprint density at radius 1 is 0.560 bits per heavy atom. The maximum atomic E-state index is 3.24. The van der Waals surface area contributed by atoms with Gasteiger partial charge in [0.15, 0.2) is 0 Å². The molecule has 0 spiro atoms. The van der Waals surface area contributed by atoms with Gasteiger partial charge in [-0.15, -0.1) is 0 Å². The van der Waals surface area contributed by atoms with Crippen LogP contribution in [0.1, 0.15) is 43.0 Å². The Labute approximate surface area is 151 Å². The summed E-state index contributed by atoms with van der Waals surface area (Å²) in [5.41, 5.74) is 7.35. The van der Waals surface area contributed by atoms with Gasteiger partial charge in [0, 0.05) is 11.1 Å². The molecule has 3 aromatic carbocycles. The summed E-state index contributed by atoms with van der Waals surface area (Å²) in [6.45, 7) is 8.81. The molecule has 0 aromatic heterocycles. The monoisotopic (exact) mass is 324 g/mol. The molecule has 0 aliphatic carbocycles. The van der Waals surface area contributed by atoms with Crippen molar-refractivity contribution in [2.75, 3.05) is 0 Å². The van der Waals surface area contributed by atoms with Gasteiger partial charge < -0.3 is 0 Å². The Bertz CT molecular complexity index is 892. The molecular weight excluding hydrogens is 300 g/mol. The Morgan fingerprint density at radius 2 is 0.960 bits per heavy atom. The zero-order chi connectivity index (χ0) is 17.9. The highest BCUT2D eigenvalue weighted by Crippen LogP contribution is 2.26. The molecule has 0 nitrogen and oxygen atoms in total. The molecule has 3 aromatic rings. The van der Waals surface area contributed by atoms with Crippen LogP contribution in [0.5, 0.6) is 0 Å². The molecule has 0 heteroatoms. The Kier molecular flexibility index (Phi) is 4.77. The minimum absolute atomic E-state index is 0.188. The first-order valence-electron chi connectivity index (χ1n) is 8.71.